The maximum Gasteiger partial charge on any atom is 0.304 e. The summed E-state index contributed by atoms with van der Waals surface area (Å²) in [6.07, 6.45) is -0.000119. The van der Waals surface area contributed by atoms with Crippen LogP contribution in [0.25, 0.3) is 0 Å². The molecule has 0 fully saturated rings. The summed E-state index contributed by atoms with van der Waals surface area (Å²) in [5.74, 6) is -0.856. The van der Waals surface area contributed by atoms with E-state index >= 15 is 0 Å². The van der Waals surface area contributed by atoms with Crippen molar-refractivity contribution in [3.8, 4) is 0 Å². The number of benzene rings is 1. The molecule has 94 valence electrons. The first-order valence-corrected chi connectivity index (χ1v) is 5.73. The summed E-state index contributed by atoms with van der Waals surface area (Å²) < 4.78 is 0. The molecule has 1 aromatic rings. The van der Waals surface area contributed by atoms with Crippen LogP contribution in [0.1, 0.15) is 23.1 Å². The lowest BCUT2D eigenvalue weighted by atomic mass is 10.1. The fraction of sp³-hybridized carbons (Fsp3) is 0.462. The molecule has 17 heavy (non-hydrogen) atoms. The van der Waals surface area contributed by atoms with Gasteiger partial charge in [-0.05, 0) is 25.0 Å². The number of nitrogens with two attached hydrogens (primary N) is 1. The van der Waals surface area contributed by atoms with Crippen molar-refractivity contribution in [2.45, 2.75) is 32.9 Å². The van der Waals surface area contributed by atoms with Crippen molar-refractivity contribution in [2.24, 2.45) is 5.73 Å². The fourth-order valence-corrected chi connectivity index (χ4v) is 1.73. The maximum atomic E-state index is 10.4. The van der Waals surface area contributed by atoms with E-state index < -0.39 is 5.97 Å². The third kappa shape index (κ3) is 4.97. The third-order valence-corrected chi connectivity index (χ3v) is 2.66. The molecule has 1 unspecified atom stereocenters. The average Bonchev–Trinajstić information content (AvgIpc) is 2.20. The zero-order valence-electron chi connectivity index (χ0n) is 10.4. The molecule has 1 atom stereocenters. The molecule has 0 radical (unpaired) electrons. The molecule has 0 spiro atoms. The molecular formula is C13H20N2O2. The van der Waals surface area contributed by atoms with E-state index in [-0.39, 0.29) is 12.5 Å². The van der Waals surface area contributed by atoms with Gasteiger partial charge in [-0.25, -0.2) is 0 Å². The van der Waals surface area contributed by atoms with Gasteiger partial charge in [-0.2, -0.15) is 0 Å². The Labute approximate surface area is 102 Å². The lowest BCUT2D eigenvalue weighted by molar-refractivity contribution is -0.137. The van der Waals surface area contributed by atoms with E-state index in [0.717, 1.165) is 6.54 Å². The summed E-state index contributed by atoms with van der Waals surface area (Å²) >= 11 is 0. The lowest BCUT2D eigenvalue weighted by Gasteiger charge is -2.12. The Morgan fingerprint density at radius 2 is 2.18 bits per heavy atom. The third-order valence-electron chi connectivity index (χ3n) is 2.66. The van der Waals surface area contributed by atoms with Crippen molar-refractivity contribution >= 4 is 5.97 Å². The van der Waals surface area contributed by atoms with Gasteiger partial charge < -0.3 is 16.2 Å². The van der Waals surface area contributed by atoms with Gasteiger partial charge in [0.1, 0.15) is 0 Å². The SMILES string of the molecule is Cc1ccc(CNCC(N)CC(=O)O)c(C)c1. The van der Waals surface area contributed by atoms with Gasteiger partial charge in [0.05, 0.1) is 6.42 Å². The standard InChI is InChI=1S/C13H20N2O2/c1-9-3-4-11(10(2)5-9)7-15-8-12(14)6-13(16)17/h3-5,12,15H,6-8,14H2,1-2H3,(H,16,17). The first kappa shape index (κ1) is 13.7. The summed E-state index contributed by atoms with van der Waals surface area (Å²) in [4.78, 5) is 10.4. The largest absolute Gasteiger partial charge is 0.481 e. The van der Waals surface area contributed by atoms with E-state index in [9.17, 15) is 4.79 Å². The molecule has 0 bridgehead atoms. The van der Waals surface area contributed by atoms with Gasteiger partial charge in [0.2, 0.25) is 0 Å². The van der Waals surface area contributed by atoms with Crippen molar-refractivity contribution in [2.75, 3.05) is 6.54 Å². The van der Waals surface area contributed by atoms with E-state index in [1.807, 2.05) is 0 Å². The van der Waals surface area contributed by atoms with E-state index in [4.69, 9.17) is 10.8 Å². The smallest absolute Gasteiger partial charge is 0.304 e. The Morgan fingerprint density at radius 1 is 1.47 bits per heavy atom. The van der Waals surface area contributed by atoms with Crippen LogP contribution in [0.4, 0.5) is 0 Å². The fourth-order valence-electron chi connectivity index (χ4n) is 1.73. The minimum atomic E-state index is -0.856. The molecular weight excluding hydrogens is 216 g/mol. The summed E-state index contributed by atoms with van der Waals surface area (Å²) in [5, 5.41) is 11.7. The van der Waals surface area contributed by atoms with Crippen LogP contribution >= 0.6 is 0 Å². The molecule has 4 N–H and O–H groups in total. The number of carboxylic acids is 1. The number of hydrogen-bond acceptors (Lipinski definition) is 3. The Morgan fingerprint density at radius 3 is 2.76 bits per heavy atom. The van der Waals surface area contributed by atoms with Gasteiger partial charge in [-0.3, -0.25) is 4.79 Å². The highest BCUT2D eigenvalue weighted by molar-refractivity contribution is 5.67. The highest BCUT2D eigenvalue weighted by atomic mass is 16.4. The highest BCUT2D eigenvalue weighted by Gasteiger charge is 2.07. The lowest BCUT2D eigenvalue weighted by Crippen LogP contribution is -2.35. The van der Waals surface area contributed by atoms with Gasteiger partial charge in [0.15, 0.2) is 0 Å². The van der Waals surface area contributed by atoms with Crippen molar-refractivity contribution < 1.29 is 9.90 Å². The van der Waals surface area contributed by atoms with Gasteiger partial charge in [-0.1, -0.05) is 23.8 Å². The van der Waals surface area contributed by atoms with Crippen molar-refractivity contribution in [3.63, 3.8) is 0 Å². The Hall–Kier alpha value is -1.39. The summed E-state index contributed by atoms with van der Waals surface area (Å²) in [7, 11) is 0. The first-order chi connectivity index (χ1) is 7.99. The molecule has 0 amide bonds. The molecule has 4 nitrogen and oxygen atoms in total. The second-order valence-electron chi connectivity index (χ2n) is 4.42. The molecule has 4 heteroatoms. The number of carboxylic acid groups (broad SMARTS) is 1. The summed E-state index contributed by atoms with van der Waals surface area (Å²) in [6.45, 7) is 5.37. The van der Waals surface area contributed by atoms with Crippen LogP contribution in [0, 0.1) is 13.8 Å². The number of nitrogens with one attached hydrogen (secondary N) is 1. The number of rotatable bonds is 6. The van der Waals surface area contributed by atoms with Gasteiger partial charge in [-0.15, -0.1) is 0 Å². The number of aliphatic carboxylic acids is 1. The van der Waals surface area contributed by atoms with E-state index in [2.05, 4.69) is 37.4 Å². The van der Waals surface area contributed by atoms with Crippen LogP contribution < -0.4 is 11.1 Å². The molecule has 0 aliphatic heterocycles. The monoisotopic (exact) mass is 236 g/mol. The van der Waals surface area contributed by atoms with Crippen LogP contribution in [0.5, 0.6) is 0 Å². The predicted molar refractivity (Wildman–Crippen MR) is 67.9 cm³/mol. The molecule has 0 heterocycles. The van der Waals surface area contributed by atoms with Crippen molar-refractivity contribution in [3.05, 3.63) is 34.9 Å². The topological polar surface area (TPSA) is 75.3 Å². The highest BCUT2D eigenvalue weighted by Crippen LogP contribution is 2.09. The second kappa shape index (κ2) is 6.37. The second-order valence-corrected chi connectivity index (χ2v) is 4.42. The first-order valence-electron chi connectivity index (χ1n) is 5.73. The molecule has 0 aromatic heterocycles. The number of hydrogen-bond donors (Lipinski definition) is 3. The molecule has 1 aromatic carbocycles. The average molecular weight is 236 g/mol. The Bertz CT molecular complexity index is 391. The zero-order valence-corrected chi connectivity index (χ0v) is 10.4. The molecule has 0 saturated heterocycles. The Kier molecular flexibility index (Phi) is 5.12. The molecule has 0 saturated carbocycles. The Balaban J connectivity index is 2.38. The van der Waals surface area contributed by atoms with Crippen LogP contribution in [-0.4, -0.2) is 23.7 Å². The van der Waals surface area contributed by atoms with Gasteiger partial charge in [0.25, 0.3) is 0 Å². The van der Waals surface area contributed by atoms with E-state index in [1.165, 1.54) is 16.7 Å². The minimum absolute atomic E-state index is 0.000119. The number of aryl methyl sites for hydroxylation is 2. The van der Waals surface area contributed by atoms with Gasteiger partial charge in [0, 0.05) is 19.1 Å². The van der Waals surface area contributed by atoms with Crippen LogP contribution in [0.15, 0.2) is 18.2 Å². The van der Waals surface area contributed by atoms with Crippen LogP contribution in [-0.2, 0) is 11.3 Å². The zero-order chi connectivity index (χ0) is 12.8. The number of carbonyl (C=O) groups is 1. The molecule has 1 rings (SSSR count). The van der Waals surface area contributed by atoms with Crippen LogP contribution in [0.2, 0.25) is 0 Å². The predicted octanol–water partition coefficient (Wildman–Crippen LogP) is 1.20. The van der Waals surface area contributed by atoms with Crippen LogP contribution in [0.3, 0.4) is 0 Å². The quantitative estimate of drug-likeness (QED) is 0.693. The summed E-state index contributed by atoms with van der Waals surface area (Å²) in [5.41, 5.74) is 9.36. The van der Waals surface area contributed by atoms with E-state index in [0.29, 0.717) is 6.54 Å². The minimum Gasteiger partial charge on any atom is -0.481 e. The molecule has 0 aliphatic carbocycles. The normalized spacial score (nSPS) is 12.4. The summed E-state index contributed by atoms with van der Waals surface area (Å²) in [6, 6.07) is 5.95. The van der Waals surface area contributed by atoms with Crippen molar-refractivity contribution in [1.29, 1.82) is 0 Å². The molecule has 0 aliphatic rings. The maximum absolute atomic E-state index is 10.4. The van der Waals surface area contributed by atoms with Gasteiger partial charge >= 0.3 is 5.97 Å². The van der Waals surface area contributed by atoms with Crippen molar-refractivity contribution in [1.82, 2.24) is 5.32 Å². The van der Waals surface area contributed by atoms with E-state index in [1.54, 1.807) is 0 Å².